The van der Waals surface area contributed by atoms with Crippen molar-refractivity contribution in [2.24, 2.45) is 0 Å². The zero-order valence-corrected chi connectivity index (χ0v) is 17.3. The monoisotopic (exact) mass is 460 g/mol. The number of anilines is 2. The molecule has 1 saturated heterocycles. The van der Waals surface area contributed by atoms with E-state index in [1.54, 1.807) is 18.2 Å². The molecule has 4 N–H and O–H groups in total. The second-order valence-corrected chi connectivity index (χ2v) is 8.07. The Bertz CT molecular complexity index is 1400. The van der Waals surface area contributed by atoms with E-state index in [9.17, 15) is 22.4 Å². The fourth-order valence-corrected chi connectivity index (χ4v) is 4.30. The normalized spacial score (nSPS) is 15.6. The molecule has 11 heteroatoms. The predicted octanol–water partition coefficient (Wildman–Crippen LogP) is 3.48. The number of nitrogens with two attached hydrogens (primary N) is 1. The first-order chi connectivity index (χ1) is 15.7. The molecule has 33 heavy (non-hydrogen) atoms. The van der Waals surface area contributed by atoms with Crippen molar-refractivity contribution in [3.63, 3.8) is 0 Å². The van der Waals surface area contributed by atoms with Crippen LogP contribution in [0.15, 0.2) is 41.2 Å². The van der Waals surface area contributed by atoms with Crippen molar-refractivity contribution in [1.29, 1.82) is 0 Å². The number of aromatic amines is 2. The number of alkyl halides is 3. The minimum atomic E-state index is -4.21. The molecule has 1 fully saturated rings. The average molecular weight is 460 g/mol. The number of piperazine rings is 1. The van der Waals surface area contributed by atoms with Crippen molar-refractivity contribution in [2.45, 2.75) is 6.18 Å². The fraction of sp³-hybridized carbons (Fsp3) is 0.273. The van der Waals surface area contributed by atoms with E-state index in [0.29, 0.717) is 42.7 Å². The first kappa shape index (κ1) is 21.3. The third-order valence-electron chi connectivity index (χ3n) is 5.87. The molecule has 2 aromatic heterocycles. The van der Waals surface area contributed by atoms with Gasteiger partial charge in [0.2, 0.25) is 0 Å². The molecule has 3 heterocycles. The number of nitrogens with zero attached hydrogens (tertiary/aromatic N) is 3. The molecule has 0 saturated carbocycles. The minimum absolute atomic E-state index is 0.00749. The summed E-state index contributed by atoms with van der Waals surface area (Å²) in [6.07, 6.45) is -4.21. The Morgan fingerprint density at radius 3 is 2.52 bits per heavy atom. The van der Waals surface area contributed by atoms with Crippen LogP contribution in [0, 0.1) is 5.82 Å². The third kappa shape index (κ3) is 3.99. The van der Waals surface area contributed by atoms with Crippen molar-refractivity contribution in [3.8, 4) is 11.4 Å². The quantitative estimate of drug-likeness (QED) is 0.407. The van der Waals surface area contributed by atoms with E-state index in [1.165, 1.54) is 17.0 Å². The lowest BCUT2D eigenvalue weighted by Crippen LogP contribution is -2.49. The molecule has 0 spiro atoms. The number of rotatable bonds is 3. The molecule has 1 aliphatic heterocycles. The van der Waals surface area contributed by atoms with Gasteiger partial charge in [-0.2, -0.15) is 13.2 Å². The number of aromatic nitrogens is 3. The zero-order chi connectivity index (χ0) is 23.3. The van der Waals surface area contributed by atoms with Crippen LogP contribution >= 0.6 is 0 Å². The summed E-state index contributed by atoms with van der Waals surface area (Å²) in [5.41, 5.74) is 8.04. The van der Waals surface area contributed by atoms with Crippen molar-refractivity contribution in [3.05, 3.63) is 52.6 Å². The highest BCUT2D eigenvalue weighted by atomic mass is 19.4. The summed E-state index contributed by atoms with van der Waals surface area (Å²) in [5, 5.41) is 0.116. The van der Waals surface area contributed by atoms with Gasteiger partial charge >= 0.3 is 6.18 Å². The van der Waals surface area contributed by atoms with Crippen molar-refractivity contribution in [1.82, 2.24) is 19.9 Å². The SMILES string of the molecule is Nc1c(-c2nc3cc(N4CCN(CC(F)(F)F)CC4)ccc3[nH]2)c(=O)[nH]c2cccc(F)c12. The number of benzene rings is 2. The number of nitrogens with one attached hydrogen (secondary N) is 2. The summed E-state index contributed by atoms with van der Waals surface area (Å²) in [5.74, 6) is -0.341. The molecule has 0 unspecified atom stereocenters. The number of nitrogen functional groups attached to an aromatic ring is 1. The standard InChI is InChI=1S/C22H20F4N6O/c23-13-2-1-3-15-17(13)19(27)18(21(33)30-15)20-28-14-5-4-12(10-16(14)29-20)32-8-6-31(7-9-32)11-22(24,25)26/h1-5,10H,6-9,11H2,(H,28,29)(H3,27,30,33). The zero-order valence-electron chi connectivity index (χ0n) is 17.3. The number of pyridine rings is 1. The third-order valence-corrected chi connectivity index (χ3v) is 5.87. The Morgan fingerprint density at radius 2 is 1.79 bits per heavy atom. The molecule has 0 aliphatic carbocycles. The van der Waals surface area contributed by atoms with Crippen molar-refractivity contribution < 1.29 is 17.6 Å². The molecule has 0 atom stereocenters. The molecule has 0 radical (unpaired) electrons. The largest absolute Gasteiger partial charge is 0.401 e. The summed E-state index contributed by atoms with van der Waals surface area (Å²) in [4.78, 5) is 26.2. The van der Waals surface area contributed by atoms with Gasteiger partial charge in [0.15, 0.2) is 0 Å². The van der Waals surface area contributed by atoms with Crippen LogP contribution < -0.4 is 16.2 Å². The lowest BCUT2D eigenvalue weighted by molar-refractivity contribution is -0.146. The fourth-order valence-electron chi connectivity index (χ4n) is 4.30. The Balaban J connectivity index is 1.46. The van der Waals surface area contributed by atoms with Gasteiger partial charge in [0.05, 0.1) is 34.2 Å². The Morgan fingerprint density at radius 1 is 1.03 bits per heavy atom. The van der Waals surface area contributed by atoms with E-state index in [2.05, 4.69) is 15.0 Å². The molecule has 0 bridgehead atoms. The number of hydrogen-bond donors (Lipinski definition) is 3. The van der Waals surface area contributed by atoms with Crippen LogP contribution in [0.2, 0.25) is 0 Å². The Labute approximate surface area is 184 Å². The van der Waals surface area contributed by atoms with Crippen LogP contribution in [0.1, 0.15) is 0 Å². The van der Waals surface area contributed by atoms with E-state index in [4.69, 9.17) is 5.73 Å². The summed E-state index contributed by atoms with van der Waals surface area (Å²) in [6, 6.07) is 9.76. The minimum Gasteiger partial charge on any atom is -0.397 e. The first-order valence-corrected chi connectivity index (χ1v) is 10.3. The molecule has 0 amide bonds. The summed E-state index contributed by atoms with van der Waals surface area (Å²) >= 11 is 0. The van der Waals surface area contributed by atoms with Gasteiger partial charge in [0.1, 0.15) is 17.2 Å². The number of hydrogen-bond acceptors (Lipinski definition) is 5. The molecular weight excluding hydrogens is 440 g/mol. The van der Waals surface area contributed by atoms with Gasteiger partial charge in [-0.1, -0.05) is 6.07 Å². The van der Waals surface area contributed by atoms with Gasteiger partial charge in [0.25, 0.3) is 5.56 Å². The van der Waals surface area contributed by atoms with Gasteiger partial charge in [-0.3, -0.25) is 9.69 Å². The van der Waals surface area contributed by atoms with Crippen LogP contribution in [0.25, 0.3) is 33.3 Å². The Hall–Kier alpha value is -3.60. The van der Waals surface area contributed by atoms with E-state index >= 15 is 0 Å². The molecule has 1 aliphatic rings. The molecular formula is C22H20F4N6O. The van der Waals surface area contributed by atoms with Gasteiger partial charge in [-0.25, -0.2) is 9.37 Å². The van der Waals surface area contributed by atoms with Crippen molar-refractivity contribution in [2.75, 3.05) is 43.4 Å². The summed E-state index contributed by atoms with van der Waals surface area (Å²) < 4.78 is 52.2. The van der Waals surface area contributed by atoms with Gasteiger partial charge in [0, 0.05) is 31.9 Å². The van der Waals surface area contributed by atoms with Crippen LogP contribution in [-0.2, 0) is 0 Å². The number of imidazole rings is 1. The lowest BCUT2D eigenvalue weighted by atomic mass is 10.1. The van der Waals surface area contributed by atoms with E-state index in [-0.39, 0.29) is 22.5 Å². The van der Waals surface area contributed by atoms with E-state index < -0.39 is 24.1 Å². The predicted molar refractivity (Wildman–Crippen MR) is 119 cm³/mol. The lowest BCUT2D eigenvalue weighted by Gasteiger charge is -2.36. The number of halogens is 4. The topological polar surface area (TPSA) is 94.0 Å². The highest BCUT2D eigenvalue weighted by molar-refractivity contribution is 5.98. The van der Waals surface area contributed by atoms with Gasteiger partial charge in [-0.05, 0) is 30.3 Å². The number of H-pyrrole nitrogens is 2. The van der Waals surface area contributed by atoms with Crippen molar-refractivity contribution >= 4 is 33.3 Å². The van der Waals surface area contributed by atoms with Gasteiger partial charge < -0.3 is 20.6 Å². The smallest absolute Gasteiger partial charge is 0.397 e. The molecule has 4 aromatic rings. The maximum Gasteiger partial charge on any atom is 0.401 e. The first-order valence-electron chi connectivity index (χ1n) is 10.3. The molecule has 5 rings (SSSR count). The van der Waals surface area contributed by atoms with Crippen LogP contribution in [-0.4, -0.2) is 58.8 Å². The maximum atomic E-state index is 14.4. The number of fused-ring (bicyclic) bond motifs is 2. The second kappa shape index (κ2) is 7.77. The van der Waals surface area contributed by atoms with Crippen LogP contribution in [0.3, 0.4) is 0 Å². The Kier molecular flexibility index (Phi) is 5.00. The molecule has 7 nitrogen and oxygen atoms in total. The highest BCUT2D eigenvalue weighted by Gasteiger charge is 2.32. The van der Waals surface area contributed by atoms with Gasteiger partial charge in [-0.15, -0.1) is 0 Å². The van der Waals surface area contributed by atoms with E-state index in [0.717, 1.165) is 5.69 Å². The average Bonchev–Trinajstić information content (AvgIpc) is 3.15. The van der Waals surface area contributed by atoms with Crippen LogP contribution in [0.4, 0.5) is 28.9 Å². The second-order valence-electron chi connectivity index (χ2n) is 8.07. The maximum absolute atomic E-state index is 14.4. The molecule has 2 aromatic carbocycles. The summed E-state index contributed by atoms with van der Waals surface area (Å²) in [6.45, 7) is 0.603. The van der Waals surface area contributed by atoms with Crippen LogP contribution in [0.5, 0.6) is 0 Å². The summed E-state index contributed by atoms with van der Waals surface area (Å²) in [7, 11) is 0. The highest BCUT2D eigenvalue weighted by Crippen LogP contribution is 2.31. The van der Waals surface area contributed by atoms with E-state index in [1.807, 2.05) is 11.0 Å². The molecule has 172 valence electrons.